The van der Waals surface area contributed by atoms with Crippen LogP contribution in [0.1, 0.15) is 27.6 Å². The van der Waals surface area contributed by atoms with E-state index in [4.69, 9.17) is 31.0 Å². The molecule has 5 aromatic rings. The molecule has 2 aliphatic rings. The van der Waals surface area contributed by atoms with Crippen LogP contribution in [0.3, 0.4) is 0 Å². The number of carboxylic acids is 1. The van der Waals surface area contributed by atoms with Crippen molar-refractivity contribution in [1.82, 2.24) is 29.0 Å². The van der Waals surface area contributed by atoms with Crippen LogP contribution in [0.4, 0.5) is 14.6 Å². The van der Waals surface area contributed by atoms with Crippen molar-refractivity contribution in [3.63, 3.8) is 0 Å². The van der Waals surface area contributed by atoms with Gasteiger partial charge in [0.25, 0.3) is 0 Å². The second kappa shape index (κ2) is 12.9. The largest absolute Gasteiger partial charge is 0.478 e. The molecule has 0 spiro atoms. The minimum Gasteiger partial charge on any atom is -0.478 e. The lowest BCUT2D eigenvalue weighted by molar-refractivity contribution is 0.0696. The molecular formula is C33H32ClF2N7O4. The smallest absolute Gasteiger partial charge is 0.335 e. The zero-order valence-electron chi connectivity index (χ0n) is 25.5. The average Bonchev–Trinajstić information content (AvgIpc) is 3.79. The molecule has 0 radical (unpaired) electrons. The molecule has 244 valence electrons. The second-order valence-corrected chi connectivity index (χ2v) is 12.1. The number of benzene rings is 2. The minimum absolute atomic E-state index is 0.00173. The Hall–Kier alpha value is -4.59. The zero-order chi connectivity index (χ0) is 32.7. The van der Waals surface area contributed by atoms with Gasteiger partial charge in [0.05, 0.1) is 42.9 Å². The van der Waals surface area contributed by atoms with Gasteiger partial charge in [0, 0.05) is 55.2 Å². The molecule has 0 saturated carbocycles. The number of carboxylic acid groups (broad SMARTS) is 1. The van der Waals surface area contributed by atoms with Crippen molar-refractivity contribution in [2.24, 2.45) is 0 Å². The van der Waals surface area contributed by atoms with Gasteiger partial charge in [-0.15, -0.1) is 0 Å². The molecule has 2 aliphatic heterocycles. The molecule has 14 heteroatoms. The third-order valence-electron chi connectivity index (χ3n) is 8.88. The van der Waals surface area contributed by atoms with E-state index >= 15 is 4.39 Å². The lowest BCUT2D eigenvalue weighted by Crippen LogP contribution is -2.59. The Morgan fingerprint density at radius 2 is 1.91 bits per heavy atom. The number of imidazole rings is 2. The van der Waals surface area contributed by atoms with Gasteiger partial charge in [0.1, 0.15) is 35.4 Å². The fourth-order valence-electron chi connectivity index (χ4n) is 6.41. The summed E-state index contributed by atoms with van der Waals surface area (Å²) in [4.78, 5) is 30.0. The first-order chi connectivity index (χ1) is 22.7. The molecule has 1 N–H and O–H groups in total. The van der Waals surface area contributed by atoms with Crippen molar-refractivity contribution in [2.45, 2.75) is 45.2 Å². The highest BCUT2D eigenvalue weighted by molar-refractivity contribution is 6.30. The summed E-state index contributed by atoms with van der Waals surface area (Å²) in [5.74, 6) is 0.276. The van der Waals surface area contributed by atoms with E-state index in [-0.39, 0.29) is 29.8 Å². The predicted molar refractivity (Wildman–Crippen MR) is 170 cm³/mol. The van der Waals surface area contributed by atoms with Crippen molar-refractivity contribution >= 4 is 34.4 Å². The van der Waals surface area contributed by atoms with Gasteiger partial charge in [0.15, 0.2) is 5.82 Å². The first-order valence-corrected chi connectivity index (χ1v) is 15.6. The Bertz CT molecular complexity index is 1950. The van der Waals surface area contributed by atoms with Crippen LogP contribution in [0.15, 0.2) is 60.9 Å². The predicted octanol–water partition coefficient (Wildman–Crippen LogP) is 4.93. The van der Waals surface area contributed by atoms with Crippen molar-refractivity contribution in [1.29, 1.82) is 0 Å². The number of piperazine rings is 1. The summed E-state index contributed by atoms with van der Waals surface area (Å²) in [5.41, 5.74) is 0.832. The highest BCUT2D eigenvalue weighted by atomic mass is 35.5. The van der Waals surface area contributed by atoms with Crippen LogP contribution in [-0.2, 0) is 31.0 Å². The maximum Gasteiger partial charge on any atom is 0.335 e. The van der Waals surface area contributed by atoms with Crippen molar-refractivity contribution in [2.75, 3.05) is 31.2 Å². The standard InChI is InChI=1S/C33H32ClF2N7O4/c1-20-37-7-8-40(20)9-11-42-26-14-22(33(44)45)13-25(36)32(26)39-30(42)16-41-10-12-43(28-19-46-18-27(28)41)29-3-2-4-31(38-29)47-17-21-5-6-23(34)15-24(21)35/h2-8,13-15,27-28H,9-12,16-19H2,1H3,(H,44,45)/t27-,28+/m1/s1. The number of aromatic carboxylic acids is 1. The maximum atomic E-state index is 15.2. The molecule has 2 atom stereocenters. The molecular weight excluding hydrogens is 632 g/mol. The summed E-state index contributed by atoms with van der Waals surface area (Å²) in [6, 6.07) is 12.5. The zero-order valence-corrected chi connectivity index (χ0v) is 26.3. The number of pyridine rings is 1. The Labute approximate surface area is 273 Å². The fraction of sp³-hybridized carbons (Fsp3) is 0.333. The van der Waals surface area contributed by atoms with E-state index in [1.165, 1.54) is 12.1 Å². The second-order valence-electron chi connectivity index (χ2n) is 11.7. The van der Waals surface area contributed by atoms with E-state index in [2.05, 4.69) is 14.8 Å². The molecule has 3 aromatic heterocycles. The maximum absolute atomic E-state index is 15.2. The molecule has 2 saturated heterocycles. The third kappa shape index (κ3) is 6.25. The van der Waals surface area contributed by atoms with E-state index < -0.39 is 17.6 Å². The third-order valence-corrected chi connectivity index (χ3v) is 9.11. The van der Waals surface area contributed by atoms with E-state index in [0.29, 0.717) is 73.7 Å². The van der Waals surface area contributed by atoms with Gasteiger partial charge in [-0.1, -0.05) is 23.7 Å². The van der Waals surface area contributed by atoms with E-state index in [0.717, 1.165) is 17.7 Å². The lowest BCUT2D eigenvalue weighted by atomic mass is 10.0. The van der Waals surface area contributed by atoms with Crippen LogP contribution >= 0.6 is 11.6 Å². The molecule has 0 aliphatic carbocycles. The fourth-order valence-corrected chi connectivity index (χ4v) is 6.57. The summed E-state index contributed by atoms with van der Waals surface area (Å²) in [6.07, 6.45) is 3.60. The number of nitrogens with zero attached hydrogens (tertiary/aromatic N) is 7. The van der Waals surface area contributed by atoms with Gasteiger partial charge in [-0.2, -0.15) is 4.98 Å². The first-order valence-electron chi connectivity index (χ1n) is 15.3. The Morgan fingerprint density at radius 3 is 2.70 bits per heavy atom. The van der Waals surface area contributed by atoms with E-state index in [1.807, 2.05) is 34.4 Å². The van der Waals surface area contributed by atoms with E-state index in [9.17, 15) is 14.3 Å². The van der Waals surface area contributed by atoms with Crippen LogP contribution < -0.4 is 9.64 Å². The number of hydrogen-bond donors (Lipinski definition) is 1. The molecule has 47 heavy (non-hydrogen) atoms. The number of aryl methyl sites for hydroxylation is 3. The van der Waals surface area contributed by atoms with Gasteiger partial charge in [0.2, 0.25) is 5.88 Å². The van der Waals surface area contributed by atoms with Gasteiger partial charge in [-0.3, -0.25) is 4.90 Å². The van der Waals surface area contributed by atoms with Gasteiger partial charge in [-0.25, -0.2) is 23.5 Å². The lowest BCUT2D eigenvalue weighted by Gasteiger charge is -2.44. The van der Waals surface area contributed by atoms with Crippen molar-refractivity contribution < 1.29 is 28.2 Å². The average molecular weight is 664 g/mol. The molecule has 2 fully saturated rings. The first kappa shape index (κ1) is 31.0. The van der Waals surface area contributed by atoms with Crippen LogP contribution in [0.25, 0.3) is 11.0 Å². The topological polar surface area (TPSA) is 111 Å². The van der Waals surface area contributed by atoms with Crippen LogP contribution in [0, 0.1) is 18.6 Å². The highest BCUT2D eigenvalue weighted by Crippen LogP contribution is 2.31. The summed E-state index contributed by atoms with van der Waals surface area (Å²) in [7, 11) is 0. The SMILES string of the molecule is Cc1nccn1CCn1c(CN2CCN(c3cccc(OCc4ccc(Cl)cc4F)n3)[C@H]3COC[C@H]32)nc2c(F)cc(C(=O)O)cc21. The number of halogens is 3. The number of fused-ring (bicyclic) bond motifs is 2. The number of carbonyl (C=O) groups is 1. The Kier molecular flexibility index (Phi) is 8.52. The van der Waals surface area contributed by atoms with Gasteiger partial charge < -0.3 is 28.6 Å². The highest BCUT2D eigenvalue weighted by Gasteiger charge is 2.42. The number of rotatable bonds is 10. The monoisotopic (exact) mass is 663 g/mol. The Morgan fingerprint density at radius 1 is 1.06 bits per heavy atom. The molecule has 0 amide bonds. The number of ether oxygens (including phenoxy) is 2. The molecule has 0 unspecified atom stereocenters. The van der Waals surface area contributed by atoms with Crippen LogP contribution in [-0.4, -0.2) is 78.4 Å². The normalized spacial score (nSPS) is 18.2. The minimum atomic E-state index is -1.20. The molecule has 7 rings (SSSR count). The Balaban J connectivity index is 1.12. The number of aromatic nitrogens is 5. The summed E-state index contributed by atoms with van der Waals surface area (Å²) < 4.78 is 45.2. The van der Waals surface area contributed by atoms with Crippen molar-refractivity contribution in [3.8, 4) is 5.88 Å². The van der Waals surface area contributed by atoms with Crippen molar-refractivity contribution in [3.05, 3.63) is 100 Å². The van der Waals surface area contributed by atoms with E-state index in [1.54, 1.807) is 24.4 Å². The quantitative estimate of drug-likeness (QED) is 0.222. The summed E-state index contributed by atoms with van der Waals surface area (Å²) in [5, 5.41) is 9.94. The molecule has 11 nitrogen and oxygen atoms in total. The molecule has 5 heterocycles. The van der Waals surface area contributed by atoms with Gasteiger partial charge >= 0.3 is 5.97 Å². The number of hydrogen-bond acceptors (Lipinski definition) is 8. The summed E-state index contributed by atoms with van der Waals surface area (Å²) in [6.45, 7) is 5.63. The van der Waals surface area contributed by atoms with Crippen LogP contribution in [0.5, 0.6) is 5.88 Å². The van der Waals surface area contributed by atoms with Gasteiger partial charge in [-0.05, 0) is 37.3 Å². The van der Waals surface area contributed by atoms with Crippen LogP contribution in [0.2, 0.25) is 5.02 Å². The molecule has 0 bridgehead atoms. The number of anilines is 1. The molecule has 2 aromatic carbocycles. The summed E-state index contributed by atoms with van der Waals surface area (Å²) >= 11 is 5.87.